The van der Waals surface area contributed by atoms with Crippen molar-refractivity contribution in [3.8, 4) is 6.07 Å². The van der Waals surface area contributed by atoms with Crippen LogP contribution in [-0.2, 0) is 0 Å². The number of thioether (sulfide) groups is 1. The third-order valence-electron chi connectivity index (χ3n) is 2.67. The normalized spacial score (nSPS) is 18.4. The summed E-state index contributed by atoms with van der Waals surface area (Å²) in [5, 5.41) is 12.5. The lowest BCUT2D eigenvalue weighted by molar-refractivity contribution is 0.490. The molecule has 1 aromatic carbocycles. The van der Waals surface area contributed by atoms with E-state index < -0.39 is 5.54 Å². The molecule has 1 atom stereocenters. The second-order valence-corrected chi connectivity index (χ2v) is 5.66. The Bertz CT molecular complexity index is 439. The van der Waals surface area contributed by atoms with Gasteiger partial charge in [0.1, 0.15) is 11.4 Å². The minimum Gasteiger partial charge on any atom is -0.296 e. The van der Waals surface area contributed by atoms with Gasteiger partial charge in [-0.3, -0.25) is 5.32 Å². The molecule has 0 spiro atoms. The predicted octanol–water partition coefficient (Wildman–Crippen LogP) is 2.95. The van der Waals surface area contributed by atoms with Gasteiger partial charge in [-0.2, -0.15) is 5.26 Å². The largest absolute Gasteiger partial charge is 0.296 e. The highest BCUT2D eigenvalue weighted by Crippen LogP contribution is 2.27. The number of nitrogens with one attached hydrogen (secondary N) is 1. The van der Waals surface area contributed by atoms with Crippen LogP contribution in [0.1, 0.15) is 19.8 Å². The van der Waals surface area contributed by atoms with E-state index in [4.69, 9.17) is 0 Å². The van der Waals surface area contributed by atoms with E-state index in [-0.39, 0.29) is 5.82 Å². The van der Waals surface area contributed by atoms with Gasteiger partial charge < -0.3 is 0 Å². The average molecular weight is 250 g/mol. The first-order valence-electron chi connectivity index (χ1n) is 5.69. The lowest BCUT2D eigenvalue weighted by Crippen LogP contribution is -2.44. The number of hydrogen-bond donors (Lipinski definition) is 1. The van der Waals surface area contributed by atoms with Gasteiger partial charge in [0.05, 0.1) is 6.07 Å². The summed E-state index contributed by atoms with van der Waals surface area (Å²) in [5.41, 5.74) is -0.530. The molecule has 0 amide bonds. The van der Waals surface area contributed by atoms with Crippen LogP contribution in [0.2, 0.25) is 0 Å². The Morgan fingerprint density at radius 3 is 2.94 bits per heavy atom. The second kappa shape index (κ2) is 5.07. The van der Waals surface area contributed by atoms with Crippen LogP contribution < -0.4 is 5.32 Å². The smallest absolute Gasteiger partial charge is 0.124 e. The summed E-state index contributed by atoms with van der Waals surface area (Å²) in [5.74, 6) is 0.396. The standard InChI is InChI=1S/C13H15FN2S/c1-13(8-15,16-11-5-6-11)9-17-12-4-2-3-10(14)7-12/h2-4,7,11,16H,5-6,9H2,1H3. The number of nitriles is 1. The monoisotopic (exact) mass is 250 g/mol. The van der Waals surface area contributed by atoms with E-state index >= 15 is 0 Å². The quantitative estimate of drug-likeness (QED) is 0.816. The van der Waals surface area contributed by atoms with Gasteiger partial charge >= 0.3 is 0 Å². The molecule has 17 heavy (non-hydrogen) atoms. The Morgan fingerprint density at radius 1 is 1.59 bits per heavy atom. The van der Waals surface area contributed by atoms with E-state index in [0.717, 1.165) is 17.7 Å². The lowest BCUT2D eigenvalue weighted by Gasteiger charge is -2.22. The highest BCUT2D eigenvalue weighted by molar-refractivity contribution is 7.99. The van der Waals surface area contributed by atoms with Gasteiger partial charge in [-0.15, -0.1) is 11.8 Å². The molecule has 1 unspecified atom stereocenters. The summed E-state index contributed by atoms with van der Waals surface area (Å²) in [6.07, 6.45) is 2.31. The van der Waals surface area contributed by atoms with Crippen LogP contribution in [0.3, 0.4) is 0 Å². The third-order valence-corrected chi connectivity index (χ3v) is 3.98. The van der Waals surface area contributed by atoms with Crippen molar-refractivity contribution >= 4 is 11.8 Å². The predicted molar refractivity (Wildman–Crippen MR) is 67.3 cm³/mol. The zero-order valence-electron chi connectivity index (χ0n) is 9.74. The van der Waals surface area contributed by atoms with Gasteiger partial charge in [0, 0.05) is 16.7 Å². The van der Waals surface area contributed by atoms with Crippen molar-refractivity contribution in [3.63, 3.8) is 0 Å². The van der Waals surface area contributed by atoms with Gasteiger partial charge in [0.25, 0.3) is 0 Å². The van der Waals surface area contributed by atoms with Crippen LogP contribution in [0.25, 0.3) is 0 Å². The molecule has 1 aromatic rings. The van der Waals surface area contributed by atoms with Gasteiger partial charge in [-0.05, 0) is 38.0 Å². The fourth-order valence-corrected chi connectivity index (χ4v) is 2.54. The van der Waals surface area contributed by atoms with E-state index in [1.165, 1.54) is 23.9 Å². The molecule has 90 valence electrons. The van der Waals surface area contributed by atoms with Crippen LogP contribution in [0.5, 0.6) is 0 Å². The molecule has 2 nitrogen and oxygen atoms in total. The minimum absolute atomic E-state index is 0.233. The van der Waals surface area contributed by atoms with E-state index in [0.29, 0.717) is 11.8 Å². The van der Waals surface area contributed by atoms with Crippen molar-refractivity contribution in [1.82, 2.24) is 5.32 Å². The molecular formula is C13H15FN2S. The molecule has 2 rings (SSSR count). The number of benzene rings is 1. The van der Waals surface area contributed by atoms with Crippen LogP contribution in [0, 0.1) is 17.1 Å². The number of hydrogen-bond acceptors (Lipinski definition) is 3. The molecule has 0 bridgehead atoms. The van der Waals surface area contributed by atoms with Gasteiger partial charge in [0.15, 0.2) is 0 Å². The summed E-state index contributed by atoms with van der Waals surface area (Å²) >= 11 is 1.51. The SMILES string of the molecule is CC(C#N)(CSc1cccc(F)c1)NC1CC1. The average Bonchev–Trinajstić information content (AvgIpc) is 3.11. The van der Waals surface area contributed by atoms with Gasteiger partial charge in [-0.1, -0.05) is 6.07 Å². The molecule has 0 saturated heterocycles. The highest BCUT2D eigenvalue weighted by atomic mass is 32.2. The van der Waals surface area contributed by atoms with E-state index in [2.05, 4.69) is 11.4 Å². The fraction of sp³-hybridized carbons (Fsp3) is 0.462. The van der Waals surface area contributed by atoms with Crippen molar-refractivity contribution in [1.29, 1.82) is 5.26 Å². The first-order valence-corrected chi connectivity index (χ1v) is 6.67. The Kier molecular flexibility index (Phi) is 3.70. The van der Waals surface area contributed by atoms with Crippen LogP contribution in [0.15, 0.2) is 29.2 Å². The van der Waals surface area contributed by atoms with Crippen molar-refractivity contribution in [3.05, 3.63) is 30.1 Å². The minimum atomic E-state index is -0.530. The molecule has 1 N–H and O–H groups in total. The Hall–Kier alpha value is -1.05. The number of halogens is 1. The fourth-order valence-electron chi connectivity index (χ4n) is 1.57. The summed E-state index contributed by atoms with van der Waals surface area (Å²) in [4.78, 5) is 0.865. The Labute approximate surface area is 105 Å². The molecule has 0 aliphatic heterocycles. The summed E-state index contributed by atoms with van der Waals surface area (Å²) < 4.78 is 13.0. The molecule has 1 saturated carbocycles. The van der Waals surface area contributed by atoms with E-state index in [1.807, 2.05) is 13.0 Å². The molecule has 4 heteroatoms. The van der Waals surface area contributed by atoms with Gasteiger partial charge in [0.2, 0.25) is 0 Å². The zero-order valence-corrected chi connectivity index (χ0v) is 10.6. The molecular weight excluding hydrogens is 235 g/mol. The summed E-state index contributed by atoms with van der Waals surface area (Å²) in [7, 11) is 0. The first-order chi connectivity index (χ1) is 8.11. The molecule has 1 fully saturated rings. The molecule has 1 aliphatic rings. The van der Waals surface area contributed by atoms with Crippen molar-refractivity contribution in [2.24, 2.45) is 0 Å². The summed E-state index contributed by atoms with van der Waals surface area (Å²) in [6.45, 7) is 1.90. The molecule has 0 radical (unpaired) electrons. The van der Waals surface area contributed by atoms with Gasteiger partial charge in [-0.25, -0.2) is 4.39 Å². The van der Waals surface area contributed by atoms with Crippen molar-refractivity contribution < 1.29 is 4.39 Å². The van der Waals surface area contributed by atoms with E-state index in [1.54, 1.807) is 6.07 Å². The lowest BCUT2D eigenvalue weighted by atomic mass is 10.1. The Morgan fingerprint density at radius 2 is 2.35 bits per heavy atom. The second-order valence-electron chi connectivity index (χ2n) is 4.61. The molecule has 0 heterocycles. The Balaban J connectivity index is 1.93. The first kappa shape index (κ1) is 12.4. The maximum Gasteiger partial charge on any atom is 0.124 e. The third kappa shape index (κ3) is 3.72. The van der Waals surface area contributed by atoms with Crippen LogP contribution >= 0.6 is 11.8 Å². The molecule has 1 aliphatic carbocycles. The molecule has 0 aromatic heterocycles. The van der Waals surface area contributed by atoms with Crippen molar-refractivity contribution in [2.75, 3.05) is 5.75 Å². The maximum atomic E-state index is 13.0. The van der Waals surface area contributed by atoms with E-state index in [9.17, 15) is 9.65 Å². The number of rotatable bonds is 5. The zero-order chi connectivity index (χ0) is 12.3. The maximum absolute atomic E-state index is 13.0. The topological polar surface area (TPSA) is 35.8 Å². The highest BCUT2D eigenvalue weighted by Gasteiger charge is 2.32. The van der Waals surface area contributed by atoms with Crippen LogP contribution in [-0.4, -0.2) is 17.3 Å². The van der Waals surface area contributed by atoms with Crippen LogP contribution in [0.4, 0.5) is 4.39 Å². The summed E-state index contributed by atoms with van der Waals surface area (Å²) in [6, 6.07) is 9.28. The number of nitrogens with zero attached hydrogens (tertiary/aromatic N) is 1. The van der Waals surface area contributed by atoms with Crippen molar-refractivity contribution in [2.45, 2.75) is 36.2 Å².